The third-order valence-electron chi connectivity index (χ3n) is 19.0. The van der Waals surface area contributed by atoms with Gasteiger partial charge in [-0.15, -0.1) is 0 Å². The first kappa shape index (κ1) is 105. The lowest BCUT2D eigenvalue weighted by molar-refractivity contribution is 0.119. The number of aryl methyl sites for hydroxylation is 13. The summed E-state index contributed by atoms with van der Waals surface area (Å²) in [5.74, 6) is 6.30. The molecule has 12 aromatic carbocycles. The number of hydrogen-bond donors (Lipinski definition) is 0. The molecule has 0 atom stereocenters. The van der Waals surface area contributed by atoms with Gasteiger partial charge in [0, 0.05) is 30.3 Å². The molecule has 0 aliphatic heterocycles. The standard InChI is InChI=1S/C18H20O4.C17H17BrO4.C17H17ClO4.C17H17FO4.C17H17IO4.C17H18O4/c1-12-8-9-16(14(3)10-12)21-11-15-13(2)6-5-7-17(15)22-18(19)20-4;4*1-11-7-8-15(12(2)9-11)21-10-13-14(18)5-4-6-16(13)22-17(19)20-3;1-12-8-9-15(13(2)10-12)20-11-14-6-4-5-7-16(14)21-17(18)19-3/h5-10H,11H2,1-4H3;4*4-9H,10H2,1-3H3;4-10H,11H2,1-3H3. The number of methoxy groups -OCH3 is 6. The number of carbonyl (C=O) groups excluding carboxylic acids is 6. The Morgan fingerprint density at radius 2 is 0.527 bits per heavy atom. The maximum atomic E-state index is 14.0. The van der Waals surface area contributed by atoms with Gasteiger partial charge >= 0.3 is 36.9 Å². The minimum atomic E-state index is -0.904. The van der Waals surface area contributed by atoms with Crippen molar-refractivity contribution in [2.24, 2.45) is 0 Å². The van der Waals surface area contributed by atoms with Gasteiger partial charge in [-0.05, 0) is 249 Å². The molecular weight excluding hydrogens is 1880 g/mol. The maximum Gasteiger partial charge on any atom is 0.513 e. The lowest BCUT2D eigenvalue weighted by Gasteiger charge is -2.14. The van der Waals surface area contributed by atoms with E-state index in [0.29, 0.717) is 64.9 Å². The molecule has 0 spiro atoms. The number of hydrogen-bond acceptors (Lipinski definition) is 24. The van der Waals surface area contributed by atoms with Crippen molar-refractivity contribution >= 4 is 87.1 Å². The Bertz CT molecular complexity index is 5190. The number of carbonyl (C=O) groups is 6. The number of halogens is 4. The van der Waals surface area contributed by atoms with E-state index in [1.807, 2.05) is 217 Å². The van der Waals surface area contributed by atoms with E-state index in [-0.39, 0.29) is 31.1 Å². The fraction of sp³-hybridized carbons (Fsp3) is 0.243. The molecule has 28 heteroatoms. The first-order valence-electron chi connectivity index (χ1n) is 40.7. The Kier molecular flexibility index (Phi) is 42.7. The van der Waals surface area contributed by atoms with E-state index in [1.165, 1.54) is 83.1 Å². The molecule has 0 N–H and O–H groups in total. The Hall–Kier alpha value is -13.5. The highest BCUT2D eigenvalue weighted by Gasteiger charge is 2.21. The fourth-order valence-electron chi connectivity index (χ4n) is 12.2. The van der Waals surface area contributed by atoms with Crippen molar-refractivity contribution in [3.05, 3.63) is 349 Å². The number of rotatable bonds is 24. The summed E-state index contributed by atoms with van der Waals surface area (Å²) in [4.78, 5) is 67.7. The van der Waals surface area contributed by atoms with E-state index in [0.717, 1.165) is 109 Å². The summed E-state index contributed by atoms with van der Waals surface area (Å²) in [6, 6.07) is 68.5. The van der Waals surface area contributed by atoms with Crippen LogP contribution in [0.4, 0.5) is 33.2 Å². The van der Waals surface area contributed by atoms with Crippen molar-refractivity contribution < 1.29 is 118 Å². The van der Waals surface area contributed by atoms with Crippen LogP contribution in [-0.4, -0.2) is 79.6 Å². The summed E-state index contributed by atoms with van der Waals surface area (Å²) in [6.45, 7) is 27.4. The van der Waals surface area contributed by atoms with Crippen molar-refractivity contribution in [3.8, 4) is 69.0 Å². The Labute approximate surface area is 790 Å². The zero-order valence-electron chi connectivity index (χ0n) is 76.4. The monoisotopic (exact) mass is 1990 g/mol. The predicted molar refractivity (Wildman–Crippen MR) is 508 cm³/mol. The normalized spacial score (nSPS) is 10.2. The van der Waals surface area contributed by atoms with Crippen molar-refractivity contribution in [1.29, 1.82) is 0 Å². The summed E-state index contributed by atoms with van der Waals surface area (Å²) in [6.07, 6.45) is -4.68. The smallest absolute Gasteiger partial charge is 0.488 e. The molecule has 12 aromatic rings. The summed E-state index contributed by atoms with van der Waals surface area (Å²) in [5, 5.41) is 0.464. The van der Waals surface area contributed by atoms with Crippen LogP contribution in [0.1, 0.15) is 106 Å². The van der Waals surface area contributed by atoms with Crippen LogP contribution < -0.4 is 56.8 Å². The molecule has 0 aromatic heterocycles. The van der Waals surface area contributed by atoms with Gasteiger partial charge in [0.25, 0.3) is 0 Å². The molecule has 0 bridgehead atoms. The molecular formula is C103H106BrClFIO24. The molecule has 0 aliphatic rings. The Morgan fingerprint density at radius 1 is 0.267 bits per heavy atom. The van der Waals surface area contributed by atoms with E-state index in [4.69, 9.17) is 68.4 Å². The minimum absolute atomic E-state index is 0.0527. The van der Waals surface area contributed by atoms with Gasteiger partial charge in [0.15, 0.2) is 0 Å². The highest BCUT2D eigenvalue weighted by molar-refractivity contribution is 14.1. The summed E-state index contributed by atoms with van der Waals surface area (Å²) in [7, 11) is 7.54. The van der Waals surface area contributed by atoms with E-state index in [1.54, 1.807) is 54.6 Å². The topological polar surface area (TPSA) is 269 Å². The van der Waals surface area contributed by atoms with Crippen LogP contribution in [0, 0.1) is 99.4 Å². The second-order valence-electron chi connectivity index (χ2n) is 29.2. The third-order valence-corrected chi connectivity index (χ3v) is 21.1. The van der Waals surface area contributed by atoms with Gasteiger partial charge < -0.3 is 85.3 Å². The lowest BCUT2D eigenvalue weighted by atomic mass is 10.1. The molecule has 0 aliphatic carbocycles. The van der Waals surface area contributed by atoms with Crippen LogP contribution in [-0.2, 0) is 68.1 Å². The largest absolute Gasteiger partial charge is 0.513 e. The van der Waals surface area contributed by atoms with Crippen LogP contribution in [0.15, 0.2) is 229 Å². The van der Waals surface area contributed by atoms with Crippen LogP contribution in [0.2, 0.25) is 5.02 Å². The third kappa shape index (κ3) is 34.1. The van der Waals surface area contributed by atoms with Crippen LogP contribution in [0.25, 0.3) is 0 Å². The van der Waals surface area contributed by atoms with Crippen LogP contribution >= 0.6 is 50.1 Å². The van der Waals surface area contributed by atoms with E-state index in [9.17, 15) is 33.2 Å². The summed E-state index contributed by atoms with van der Waals surface area (Å²) < 4.78 is 108. The van der Waals surface area contributed by atoms with Gasteiger partial charge in [0.05, 0.1) is 58.8 Å². The molecule has 0 unspecified atom stereocenters. The molecule has 690 valence electrons. The Morgan fingerprint density at radius 3 is 0.893 bits per heavy atom. The fourth-order valence-corrected chi connectivity index (χ4v) is 13.6. The Balaban J connectivity index is 0.000000215. The summed E-state index contributed by atoms with van der Waals surface area (Å²) >= 11 is 11.8. The number of para-hydroxylation sites is 1. The van der Waals surface area contributed by atoms with Gasteiger partial charge in [-0.25, -0.2) is 33.2 Å². The van der Waals surface area contributed by atoms with E-state index in [2.05, 4.69) is 91.2 Å². The van der Waals surface area contributed by atoms with E-state index >= 15 is 0 Å². The van der Waals surface area contributed by atoms with Crippen LogP contribution in [0.3, 0.4) is 0 Å². The van der Waals surface area contributed by atoms with Crippen molar-refractivity contribution in [3.63, 3.8) is 0 Å². The highest BCUT2D eigenvalue weighted by atomic mass is 127. The molecule has 0 amide bonds. The van der Waals surface area contributed by atoms with Gasteiger partial charge in [-0.1, -0.05) is 188 Å². The predicted octanol–water partition coefficient (Wildman–Crippen LogP) is 26.6. The van der Waals surface area contributed by atoms with Crippen molar-refractivity contribution in [2.45, 2.75) is 130 Å². The average Bonchev–Trinajstić information content (AvgIpc) is 0.849. The second-order valence-corrected chi connectivity index (χ2v) is 31.6. The molecule has 0 radical (unpaired) electrons. The molecule has 0 saturated heterocycles. The minimum Gasteiger partial charge on any atom is -0.488 e. The van der Waals surface area contributed by atoms with Gasteiger partial charge in [-0.3, -0.25) is 0 Å². The van der Waals surface area contributed by atoms with Gasteiger partial charge in [0.2, 0.25) is 0 Å². The zero-order valence-corrected chi connectivity index (χ0v) is 80.9. The number of benzene rings is 12. The maximum absolute atomic E-state index is 14.0. The first-order chi connectivity index (χ1) is 62.6. The molecule has 12 rings (SSSR count). The van der Waals surface area contributed by atoms with Crippen molar-refractivity contribution in [2.75, 3.05) is 42.7 Å². The molecule has 0 fully saturated rings. The highest BCUT2D eigenvalue weighted by Crippen LogP contribution is 2.36. The van der Waals surface area contributed by atoms with Crippen molar-refractivity contribution in [1.82, 2.24) is 0 Å². The summed E-state index contributed by atoms with van der Waals surface area (Å²) in [5.41, 5.74) is 18.2. The number of ether oxygens (including phenoxy) is 18. The zero-order chi connectivity index (χ0) is 95.8. The second kappa shape index (κ2) is 53.5. The van der Waals surface area contributed by atoms with E-state index < -0.39 is 42.7 Å². The molecule has 24 nitrogen and oxygen atoms in total. The average molecular weight is 1990 g/mol. The molecule has 131 heavy (non-hydrogen) atoms. The SMILES string of the molecule is COC(=O)Oc1cccc(Br)c1COc1ccc(C)cc1C.COC(=O)Oc1cccc(C)c1COc1ccc(C)cc1C.COC(=O)Oc1cccc(Cl)c1COc1ccc(C)cc1C.COC(=O)Oc1cccc(F)c1COc1ccc(C)cc1C.COC(=O)Oc1cccc(I)c1COc1ccc(C)cc1C.COC(=O)Oc1ccccc1COc1ccc(C)cc1C. The van der Waals surface area contributed by atoms with Gasteiger partial charge in [0.1, 0.15) is 114 Å². The molecule has 0 saturated carbocycles. The first-order valence-corrected chi connectivity index (χ1v) is 42.9. The molecule has 0 heterocycles. The lowest BCUT2D eigenvalue weighted by Crippen LogP contribution is -2.11. The quantitative estimate of drug-likeness (QED) is 0.0235. The van der Waals surface area contributed by atoms with Gasteiger partial charge in [-0.2, -0.15) is 0 Å². The van der Waals surface area contributed by atoms with Crippen LogP contribution in [0.5, 0.6) is 69.0 Å².